The lowest BCUT2D eigenvalue weighted by Crippen LogP contribution is -2.38. The normalized spacial score (nSPS) is 26.7. The fourth-order valence-corrected chi connectivity index (χ4v) is 3.30. The predicted molar refractivity (Wildman–Crippen MR) is 87.1 cm³/mol. The average Bonchev–Trinajstić information content (AvgIpc) is 2.47. The minimum Gasteiger partial charge on any atom is -0.461 e. The molecule has 0 unspecified atom stereocenters. The second kappa shape index (κ2) is 9.23. The van der Waals surface area contributed by atoms with Crippen LogP contribution in [0.2, 0.25) is 0 Å². The largest absolute Gasteiger partial charge is 0.461 e. The summed E-state index contributed by atoms with van der Waals surface area (Å²) in [6, 6.07) is 0. The Bertz CT molecular complexity index is 366. The summed E-state index contributed by atoms with van der Waals surface area (Å²) < 4.78 is 10.9. The Labute approximate surface area is 139 Å². The van der Waals surface area contributed by atoms with Gasteiger partial charge in [0.1, 0.15) is 12.2 Å². The van der Waals surface area contributed by atoms with E-state index in [9.17, 15) is 9.59 Å². The molecular weight excluding hydrogens is 296 g/mol. The van der Waals surface area contributed by atoms with Crippen molar-refractivity contribution in [2.24, 2.45) is 0 Å². The van der Waals surface area contributed by atoms with Crippen LogP contribution in [0.3, 0.4) is 0 Å². The monoisotopic (exact) mass is 326 g/mol. The molecule has 2 fully saturated rings. The fraction of sp³-hybridized carbons (Fsp3) is 0.882. The number of likely N-dealkylation sites (N-methyl/N-ethyl adjacent to an activating group) is 2. The summed E-state index contributed by atoms with van der Waals surface area (Å²) in [6.45, 7) is 3.75. The van der Waals surface area contributed by atoms with E-state index < -0.39 is 0 Å². The zero-order valence-corrected chi connectivity index (χ0v) is 14.5. The Morgan fingerprint density at radius 3 is 1.70 bits per heavy atom. The van der Waals surface area contributed by atoms with Crippen molar-refractivity contribution in [2.45, 2.75) is 57.2 Å². The molecule has 0 bridgehead atoms. The molecule has 0 N–H and O–H groups in total. The number of rotatable bonds is 6. The number of esters is 2. The first-order chi connectivity index (χ1) is 11.0. The second-order valence-corrected chi connectivity index (χ2v) is 6.89. The maximum absolute atomic E-state index is 11.8. The van der Waals surface area contributed by atoms with Gasteiger partial charge >= 0.3 is 11.9 Å². The number of ether oxygens (including phenoxy) is 2. The van der Waals surface area contributed by atoms with E-state index in [1.165, 1.54) is 0 Å². The lowest BCUT2D eigenvalue weighted by Gasteiger charge is -2.29. The van der Waals surface area contributed by atoms with E-state index in [-0.39, 0.29) is 24.1 Å². The lowest BCUT2D eigenvalue weighted by molar-refractivity contribution is -0.153. The first-order valence-corrected chi connectivity index (χ1v) is 8.79. The zero-order valence-electron chi connectivity index (χ0n) is 14.5. The highest BCUT2D eigenvalue weighted by molar-refractivity contribution is 5.72. The van der Waals surface area contributed by atoms with Gasteiger partial charge in [-0.25, -0.2) is 0 Å². The lowest BCUT2D eigenvalue weighted by atomic mass is 10.1. The molecule has 2 atom stereocenters. The molecule has 2 aliphatic heterocycles. The van der Waals surface area contributed by atoms with E-state index in [0.29, 0.717) is 19.3 Å². The van der Waals surface area contributed by atoms with Crippen molar-refractivity contribution in [3.63, 3.8) is 0 Å². The zero-order chi connectivity index (χ0) is 16.7. The Morgan fingerprint density at radius 2 is 1.30 bits per heavy atom. The smallest absolute Gasteiger partial charge is 0.306 e. The molecule has 6 nitrogen and oxygen atoms in total. The van der Waals surface area contributed by atoms with Crippen LogP contribution < -0.4 is 0 Å². The van der Waals surface area contributed by atoms with Crippen LogP contribution in [-0.2, 0) is 19.1 Å². The van der Waals surface area contributed by atoms with Gasteiger partial charge in [-0.1, -0.05) is 0 Å². The van der Waals surface area contributed by atoms with Crippen LogP contribution in [0.25, 0.3) is 0 Å². The summed E-state index contributed by atoms with van der Waals surface area (Å²) in [4.78, 5) is 28.0. The topological polar surface area (TPSA) is 59.1 Å². The van der Waals surface area contributed by atoms with Gasteiger partial charge in [0.2, 0.25) is 0 Å². The molecule has 2 saturated heterocycles. The van der Waals surface area contributed by atoms with Crippen molar-refractivity contribution in [2.75, 3.05) is 40.3 Å². The maximum atomic E-state index is 11.8. The second-order valence-electron chi connectivity index (χ2n) is 6.89. The van der Waals surface area contributed by atoms with Crippen LogP contribution in [-0.4, -0.2) is 74.2 Å². The molecule has 0 aromatic heterocycles. The number of likely N-dealkylation sites (tertiary alicyclic amines) is 2. The van der Waals surface area contributed by atoms with Crippen molar-refractivity contribution in [1.82, 2.24) is 9.80 Å². The molecule has 0 radical (unpaired) electrons. The quantitative estimate of drug-likeness (QED) is 0.688. The predicted octanol–water partition coefficient (Wildman–Crippen LogP) is 1.43. The average molecular weight is 326 g/mol. The van der Waals surface area contributed by atoms with E-state index in [1.807, 2.05) is 14.1 Å². The molecule has 23 heavy (non-hydrogen) atoms. The summed E-state index contributed by atoms with van der Waals surface area (Å²) in [5.41, 5.74) is 0. The van der Waals surface area contributed by atoms with Gasteiger partial charge in [-0.3, -0.25) is 9.59 Å². The number of hydrogen-bond acceptors (Lipinski definition) is 6. The Hall–Kier alpha value is -1.14. The van der Waals surface area contributed by atoms with Crippen LogP contribution in [0.5, 0.6) is 0 Å². The van der Waals surface area contributed by atoms with Crippen molar-refractivity contribution in [1.29, 1.82) is 0 Å². The Morgan fingerprint density at radius 1 is 0.870 bits per heavy atom. The number of piperidine rings is 2. The van der Waals surface area contributed by atoms with Crippen molar-refractivity contribution < 1.29 is 19.1 Å². The van der Waals surface area contributed by atoms with Crippen LogP contribution in [0.4, 0.5) is 0 Å². The van der Waals surface area contributed by atoms with Crippen LogP contribution in [0, 0.1) is 0 Å². The van der Waals surface area contributed by atoms with Gasteiger partial charge in [0.25, 0.3) is 0 Å². The van der Waals surface area contributed by atoms with E-state index in [4.69, 9.17) is 9.47 Å². The molecule has 132 valence electrons. The highest BCUT2D eigenvalue weighted by Crippen LogP contribution is 2.15. The molecular formula is C17H30N2O4. The molecule has 2 aliphatic rings. The van der Waals surface area contributed by atoms with Gasteiger partial charge in [0.05, 0.1) is 0 Å². The fourth-order valence-electron chi connectivity index (χ4n) is 3.30. The van der Waals surface area contributed by atoms with E-state index in [1.54, 1.807) is 0 Å². The molecule has 0 aromatic carbocycles. The SMILES string of the molecule is CN1CCC[C@@H](OC(=O)CCCC(=O)O[C@@H]2CCCN(C)C2)C1. The molecule has 0 aromatic rings. The minimum atomic E-state index is -0.199. The summed E-state index contributed by atoms with van der Waals surface area (Å²) in [7, 11) is 4.08. The third kappa shape index (κ3) is 6.87. The van der Waals surface area contributed by atoms with Gasteiger partial charge in [-0.15, -0.1) is 0 Å². The molecule has 2 rings (SSSR count). The molecule has 0 spiro atoms. The number of carbonyl (C=O) groups is 2. The highest BCUT2D eigenvalue weighted by atomic mass is 16.5. The minimum absolute atomic E-state index is 0.00553. The number of hydrogen-bond donors (Lipinski definition) is 0. The first kappa shape index (κ1) is 18.2. The van der Waals surface area contributed by atoms with Crippen LogP contribution in [0.15, 0.2) is 0 Å². The van der Waals surface area contributed by atoms with E-state index >= 15 is 0 Å². The Balaban J connectivity index is 1.56. The molecule has 6 heteroatoms. The summed E-state index contributed by atoms with van der Waals surface area (Å²) >= 11 is 0. The van der Waals surface area contributed by atoms with Gasteiger partial charge in [0, 0.05) is 25.9 Å². The summed E-state index contributed by atoms with van der Waals surface area (Å²) in [5.74, 6) is -0.397. The summed E-state index contributed by atoms with van der Waals surface area (Å²) in [5, 5.41) is 0. The van der Waals surface area contributed by atoms with Crippen LogP contribution in [0.1, 0.15) is 44.9 Å². The third-order valence-corrected chi connectivity index (χ3v) is 4.52. The van der Waals surface area contributed by atoms with Gasteiger partial charge in [0.15, 0.2) is 0 Å². The molecule has 2 heterocycles. The molecule has 0 amide bonds. The highest BCUT2D eigenvalue weighted by Gasteiger charge is 2.22. The maximum Gasteiger partial charge on any atom is 0.306 e. The van der Waals surface area contributed by atoms with E-state index in [0.717, 1.165) is 51.9 Å². The third-order valence-electron chi connectivity index (χ3n) is 4.52. The number of nitrogens with zero attached hydrogens (tertiary/aromatic N) is 2. The van der Waals surface area contributed by atoms with Gasteiger partial charge in [-0.05, 0) is 59.3 Å². The summed E-state index contributed by atoms with van der Waals surface area (Å²) in [6.07, 6.45) is 5.10. The standard InChI is InChI=1S/C17H30N2O4/c1-18-10-4-6-14(12-18)22-16(20)8-3-9-17(21)23-15-7-5-11-19(2)13-15/h14-15H,3-13H2,1-2H3/t14-,15-/m1/s1. The van der Waals surface area contributed by atoms with Crippen molar-refractivity contribution in [3.05, 3.63) is 0 Å². The van der Waals surface area contributed by atoms with E-state index in [2.05, 4.69) is 9.80 Å². The molecule has 0 aliphatic carbocycles. The first-order valence-electron chi connectivity index (χ1n) is 8.79. The van der Waals surface area contributed by atoms with Crippen molar-refractivity contribution >= 4 is 11.9 Å². The van der Waals surface area contributed by atoms with Crippen LogP contribution >= 0.6 is 0 Å². The van der Waals surface area contributed by atoms with Crippen molar-refractivity contribution in [3.8, 4) is 0 Å². The Kier molecular flexibility index (Phi) is 7.30. The molecule has 0 saturated carbocycles. The van der Waals surface area contributed by atoms with Gasteiger partial charge in [-0.2, -0.15) is 0 Å². The number of carbonyl (C=O) groups excluding carboxylic acids is 2. The van der Waals surface area contributed by atoms with Gasteiger partial charge < -0.3 is 19.3 Å².